The molecule has 2 N–H and O–H groups in total. The predicted octanol–water partition coefficient (Wildman–Crippen LogP) is 5.15. The molecule has 3 aromatic carbocycles. The van der Waals surface area contributed by atoms with Gasteiger partial charge in [-0.25, -0.2) is 14.5 Å². The first-order valence-electron chi connectivity index (χ1n) is 19.5. The zero-order chi connectivity index (χ0) is 40.5. The molecule has 4 amide bonds. The Kier molecular flexibility index (Phi) is 9.18. The SMILES string of the molecule is O=C1CCC(N2C(=O)c3ccc(N4CCC(CN5CCc6ccc(Nc7ncc8c(=O)n(-c9c(Cl)cccc9Cl)c9nccn9c8n7)cc6C5)CC4)cc3C2=O)C(=O)N1. The van der Waals surface area contributed by atoms with Crippen molar-refractivity contribution in [2.24, 2.45) is 5.92 Å². The Morgan fingerprint density at radius 1 is 0.831 bits per heavy atom. The summed E-state index contributed by atoms with van der Waals surface area (Å²) in [5.41, 5.74) is 5.19. The highest BCUT2D eigenvalue weighted by atomic mass is 35.5. The summed E-state index contributed by atoms with van der Waals surface area (Å²) in [5.74, 6) is -0.846. The van der Waals surface area contributed by atoms with Crippen LogP contribution in [0, 0.1) is 5.92 Å². The van der Waals surface area contributed by atoms with Crippen LogP contribution in [-0.2, 0) is 22.6 Å². The fraction of sp³-hybridized carbons (Fsp3) is 0.286. The summed E-state index contributed by atoms with van der Waals surface area (Å²) in [5, 5.41) is 6.49. The number of nitrogens with zero attached hydrogens (tertiary/aromatic N) is 8. The minimum absolute atomic E-state index is 0.0839. The Morgan fingerprint density at radius 2 is 1.63 bits per heavy atom. The minimum Gasteiger partial charge on any atom is -0.371 e. The molecule has 298 valence electrons. The summed E-state index contributed by atoms with van der Waals surface area (Å²) in [7, 11) is 0. The number of amides is 4. The molecule has 4 aliphatic rings. The number of hydrogen-bond acceptors (Lipinski definition) is 11. The van der Waals surface area contributed by atoms with Gasteiger partial charge in [-0.15, -0.1) is 0 Å². The number of nitrogens with one attached hydrogen (secondary N) is 2. The Bertz CT molecular complexity index is 2810. The van der Waals surface area contributed by atoms with E-state index in [1.54, 1.807) is 47.1 Å². The summed E-state index contributed by atoms with van der Waals surface area (Å²) in [6.07, 6.45) is 7.94. The van der Waals surface area contributed by atoms with E-state index in [1.165, 1.54) is 21.9 Å². The molecular weight excluding hydrogens is 795 g/mol. The van der Waals surface area contributed by atoms with E-state index in [0.717, 1.165) is 68.3 Å². The maximum absolute atomic E-state index is 13.8. The standard InChI is InChI=1S/C42H36Cl2N10O5/c43-31-2-1-3-32(44)35(31)54-40(59)30-20-46-41(49-36(30)52-17-13-45-42(52)54)47-26-5-4-24-12-14-50(22-25(24)18-26)21-23-10-15-51(16-11-23)27-6-7-28-29(19-27)39(58)53(38(28)57)33-8-9-34(55)48-37(33)56/h1-7,13,17-20,23,33H,8-12,14-16,21-22H2,(H,46,47,49)(H,48,55,56). The van der Waals surface area contributed by atoms with E-state index in [2.05, 4.69) is 42.5 Å². The molecule has 2 saturated heterocycles. The first kappa shape index (κ1) is 37.1. The molecule has 6 aromatic rings. The van der Waals surface area contributed by atoms with Gasteiger partial charge in [-0.1, -0.05) is 35.3 Å². The molecule has 2 fully saturated rings. The van der Waals surface area contributed by atoms with Crippen molar-refractivity contribution in [2.45, 2.75) is 44.7 Å². The van der Waals surface area contributed by atoms with Crippen molar-refractivity contribution in [3.05, 3.63) is 116 Å². The molecule has 59 heavy (non-hydrogen) atoms. The van der Waals surface area contributed by atoms with Gasteiger partial charge in [0.05, 0.1) is 26.9 Å². The smallest absolute Gasteiger partial charge is 0.270 e. The second-order valence-electron chi connectivity index (χ2n) is 15.4. The summed E-state index contributed by atoms with van der Waals surface area (Å²) >= 11 is 13.0. The molecule has 0 saturated carbocycles. The number of hydrogen-bond donors (Lipinski definition) is 2. The molecule has 15 nitrogen and oxygen atoms in total. The Balaban J connectivity index is 0.794. The van der Waals surface area contributed by atoms with Gasteiger partial charge in [0.1, 0.15) is 11.4 Å². The Morgan fingerprint density at radius 3 is 2.42 bits per heavy atom. The van der Waals surface area contributed by atoms with Gasteiger partial charge in [-0.05, 0) is 85.2 Å². The van der Waals surface area contributed by atoms with Crippen molar-refractivity contribution < 1.29 is 19.2 Å². The van der Waals surface area contributed by atoms with Crippen LogP contribution in [-0.4, -0.2) is 89.6 Å². The molecule has 4 aliphatic heterocycles. The summed E-state index contributed by atoms with van der Waals surface area (Å²) < 4.78 is 3.09. The highest BCUT2D eigenvalue weighted by Crippen LogP contribution is 2.34. The van der Waals surface area contributed by atoms with Crippen molar-refractivity contribution in [1.82, 2.24) is 39.0 Å². The Hall–Kier alpha value is -6.16. The van der Waals surface area contributed by atoms with Gasteiger partial charge in [0.2, 0.25) is 23.5 Å². The molecule has 0 spiro atoms. The van der Waals surface area contributed by atoms with Gasteiger partial charge in [0.25, 0.3) is 17.4 Å². The van der Waals surface area contributed by atoms with Crippen LogP contribution in [0.5, 0.6) is 0 Å². The molecule has 3 aromatic heterocycles. The van der Waals surface area contributed by atoms with Crippen LogP contribution >= 0.6 is 23.2 Å². The second kappa shape index (κ2) is 14.6. The number of para-hydroxylation sites is 1. The van der Waals surface area contributed by atoms with Gasteiger partial charge < -0.3 is 10.2 Å². The highest BCUT2D eigenvalue weighted by molar-refractivity contribution is 6.37. The maximum Gasteiger partial charge on any atom is 0.270 e. The maximum atomic E-state index is 13.8. The van der Waals surface area contributed by atoms with E-state index in [4.69, 9.17) is 28.2 Å². The van der Waals surface area contributed by atoms with E-state index < -0.39 is 35.2 Å². The van der Waals surface area contributed by atoms with Gasteiger partial charge in [0, 0.05) is 69.1 Å². The zero-order valence-electron chi connectivity index (χ0n) is 31.5. The summed E-state index contributed by atoms with van der Waals surface area (Å²) in [6.45, 7) is 4.39. The van der Waals surface area contributed by atoms with Crippen molar-refractivity contribution in [3.63, 3.8) is 0 Å². The number of imide groups is 2. The molecular formula is C42H36Cl2N10O5. The highest BCUT2D eigenvalue weighted by Gasteiger charge is 2.45. The molecule has 0 radical (unpaired) electrons. The average Bonchev–Trinajstić information content (AvgIpc) is 3.81. The van der Waals surface area contributed by atoms with Crippen LogP contribution in [0.4, 0.5) is 17.3 Å². The normalized spacial score (nSPS) is 18.8. The zero-order valence-corrected chi connectivity index (χ0v) is 33.0. The summed E-state index contributed by atoms with van der Waals surface area (Å²) in [4.78, 5) is 83.9. The van der Waals surface area contributed by atoms with Crippen molar-refractivity contribution in [3.8, 4) is 5.69 Å². The third-order valence-corrected chi connectivity index (χ3v) is 12.5. The van der Waals surface area contributed by atoms with E-state index in [0.29, 0.717) is 44.6 Å². The van der Waals surface area contributed by atoms with E-state index >= 15 is 0 Å². The number of anilines is 3. The average molecular weight is 832 g/mol. The van der Waals surface area contributed by atoms with Crippen LogP contribution in [0.1, 0.15) is 57.5 Å². The van der Waals surface area contributed by atoms with Crippen LogP contribution < -0.4 is 21.1 Å². The third-order valence-electron chi connectivity index (χ3n) is 11.9. The largest absolute Gasteiger partial charge is 0.371 e. The molecule has 1 atom stereocenters. The minimum atomic E-state index is -0.984. The van der Waals surface area contributed by atoms with E-state index in [9.17, 15) is 24.0 Å². The molecule has 0 bridgehead atoms. The lowest BCUT2D eigenvalue weighted by Gasteiger charge is -2.37. The quantitative estimate of drug-likeness (QED) is 0.204. The number of halogens is 2. The first-order chi connectivity index (χ1) is 28.6. The summed E-state index contributed by atoms with van der Waals surface area (Å²) in [6, 6.07) is 15.7. The lowest BCUT2D eigenvalue weighted by molar-refractivity contribution is -0.136. The van der Waals surface area contributed by atoms with E-state index in [-0.39, 0.29) is 23.8 Å². The second-order valence-corrected chi connectivity index (χ2v) is 16.3. The van der Waals surface area contributed by atoms with Crippen LogP contribution in [0.3, 0.4) is 0 Å². The molecule has 7 heterocycles. The lowest BCUT2D eigenvalue weighted by Crippen LogP contribution is -2.54. The number of benzene rings is 3. The number of carbonyl (C=O) groups excluding carboxylic acids is 4. The molecule has 0 aliphatic carbocycles. The Labute approximate surface area is 346 Å². The predicted molar refractivity (Wildman–Crippen MR) is 221 cm³/mol. The van der Waals surface area contributed by atoms with Gasteiger partial charge in [-0.3, -0.25) is 43.5 Å². The molecule has 17 heteroatoms. The number of piperidine rings is 2. The van der Waals surface area contributed by atoms with Crippen molar-refractivity contribution in [1.29, 1.82) is 0 Å². The third kappa shape index (κ3) is 6.49. The lowest BCUT2D eigenvalue weighted by atomic mass is 9.93. The van der Waals surface area contributed by atoms with Crippen LogP contribution in [0.25, 0.3) is 22.5 Å². The van der Waals surface area contributed by atoms with Gasteiger partial charge >= 0.3 is 0 Å². The number of fused-ring (bicyclic) bond motifs is 5. The number of aromatic nitrogens is 5. The first-order valence-corrected chi connectivity index (χ1v) is 20.3. The molecule has 1 unspecified atom stereocenters. The van der Waals surface area contributed by atoms with E-state index in [1.807, 2.05) is 12.1 Å². The fourth-order valence-corrected chi connectivity index (χ4v) is 9.45. The topological polar surface area (TPSA) is 167 Å². The number of imidazole rings is 1. The number of carbonyl (C=O) groups is 4. The number of rotatable bonds is 7. The van der Waals surface area contributed by atoms with Crippen LogP contribution in [0.2, 0.25) is 10.0 Å². The van der Waals surface area contributed by atoms with Crippen LogP contribution in [0.15, 0.2) is 78.0 Å². The van der Waals surface area contributed by atoms with Gasteiger partial charge in [0.15, 0.2) is 5.65 Å². The monoisotopic (exact) mass is 830 g/mol. The van der Waals surface area contributed by atoms with Gasteiger partial charge in [-0.2, -0.15) is 4.98 Å². The molecule has 10 rings (SSSR count). The fourth-order valence-electron chi connectivity index (χ4n) is 8.88. The van der Waals surface area contributed by atoms with Crippen molar-refractivity contribution >= 4 is 81.0 Å². The van der Waals surface area contributed by atoms with Crippen molar-refractivity contribution in [2.75, 3.05) is 36.4 Å².